The molecule has 1 aromatic heterocycles. The fourth-order valence-electron chi connectivity index (χ4n) is 3.36. The van der Waals surface area contributed by atoms with E-state index in [1.54, 1.807) is 11.8 Å². The summed E-state index contributed by atoms with van der Waals surface area (Å²) in [5, 5.41) is 3.43. The molecule has 1 fully saturated rings. The molecular weight excluding hydrogens is 318 g/mol. The van der Waals surface area contributed by atoms with Crippen LogP contribution in [0.1, 0.15) is 54.4 Å². The van der Waals surface area contributed by atoms with Crippen molar-refractivity contribution < 1.29 is 17.7 Å². The van der Waals surface area contributed by atoms with Crippen molar-refractivity contribution in [1.82, 2.24) is 14.8 Å². The Kier molecular flexibility index (Phi) is 4.72. The van der Waals surface area contributed by atoms with Crippen LogP contribution in [0.3, 0.4) is 0 Å². The third-order valence-electron chi connectivity index (χ3n) is 4.62. The van der Waals surface area contributed by atoms with E-state index in [0.717, 1.165) is 43.4 Å². The molecule has 0 saturated carbocycles. The van der Waals surface area contributed by atoms with Crippen LogP contribution in [-0.4, -0.2) is 49.3 Å². The Morgan fingerprint density at radius 3 is 2.91 bits per heavy atom. The summed E-state index contributed by atoms with van der Waals surface area (Å²) in [5.41, 5.74) is 1.30. The van der Waals surface area contributed by atoms with Crippen LogP contribution in [0.25, 0.3) is 0 Å². The lowest BCUT2D eigenvalue weighted by molar-refractivity contribution is 0.0781. The van der Waals surface area contributed by atoms with Gasteiger partial charge in [-0.15, -0.1) is 0 Å². The van der Waals surface area contributed by atoms with Gasteiger partial charge in [0, 0.05) is 31.6 Å². The number of aromatic nitrogens is 1. The number of hydrogen-bond acceptors (Lipinski definition) is 5. The standard InChI is InChI=1S/C15H23N3O4S/c1-2-16-23(20,21)11-8-9-18(10-11)15(19)14-12-6-4-3-5-7-13(12)22-17-14/h11,16H,2-10H2,1H3. The van der Waals surface area contributed by atoms with Gasteiger partial charge in [0.2, 0.25) is 10.0 Å². The third kappa shape index (κ3) is 3.28. The first-order valence-electron chi connectivity index (χ1n) is 8.28. The van der Waals surface area contributed by atoms with Crippen molar-refractivity contribution in [3.8, 4) is 0 Å². The molecule has 8 heteroatoms. The fraction of sp³-hybridized carbons (Fsp3) is 0.733. The van der Waals surface area contributed by atoms with Crippen LogP contribution in [-0.2, 0) is 22.9 Å². The zero-order valence-electron chi connectivity index (χ0n) is 13.4. The summed E-state index contributed by atoms with van der Waals surface area (Å²) in [5.74, 6) is 0.618. The molecule has 1 aliphatic heterocycles. The van der Waals surface area contributed by atoms with Gasteiger partial charge in [0.1, 0.15) is 5.76 Å². The van der Waals surface area contributed by atoms with Gasteiger partial charge in [-0.05, 0) is 25.7 Å². The molecule has 0 spiro atoms. The van der Waals surface area contributed by atoms with Crippen LogP contribution < -0.4 is 4.72 Å². The zero-order chi connectivity index (χ0) is 16.4. The smallest absolute Gasteiger partial charge is 0.276 e. The first-order valence-corrected chi connectivity index (χ1v) is 9.82. The highest BCUT2D eigenvalue weighted by Crippen LogP contribution is 2.26. The van der Waals surface area contributed by atoms with E-state index in [1.807, 2.05) is 0 Å². The van der Waals surface area contributed by atoms with Gasteiger partial charge in [-0.3, -0.25) is 4.79 Å². The lowest BCUT2D eigenvalue weighted by Crippen LogP contribution is -2.37. The summed E-state index contributed by atoms with van der Waals surface area (Å²) in [6, 6.07) is 0. The number of nitrogens with one attached hydrogen (secondary N) is 1. The number of carbonyl (C=O) groups is 1. The third-order valence-corrected chi connectivity index (χ3v) is 6.57. The Balaban J connectivity index is 1.74. The minimum Gasteiger partial charge on any atom is -0.360 e. The Bertz CT molecular complexity index is 683. The van der Waals surface area contributed by atoms with Crippen LogP contribution in [0.15, 0.2) is 4.52 Å². The maximum atomic E-state index is 12.7. The van der Waals surface area contributed by atoms with Crippen LogP contribution >= 0.6 is 0 Å². The molecule has 23 heavy (non-hydrogen) atoms. The number of nitrogens with zero attached hydrogens (tertiary/aromatic N) is 2. The number of rotatable bonds is 4. The molecule has 1 atom stereocenters. The first-order chi connectivity index (χ1) is 11.0. The number of sulfonamides is 1. The Morgan fingerprint density at radius 2 is 2.13 bits per heavy atom. The SMILES string of the molecule is CCNS(=O)(=O)C1CCN(C(=O)c2noc3c2CCCCC3)C1. The van der Waals surface area contributed by atoms with Gasteiger partial charge in [0.25, 0.3) is 5.91 Å². The monoisotopic (exact) mass is 341 g/mol. The highest BCUT2D eigenvalue weighted by molar-refractivity contribution is 7.90. The van der Waals surface area contributed by atoms with E-state index in [2.05, 4.69) is 9.88 Å². The van der Waals surface area contributed by atoms with E-state index in [1.165, 1.54) is 0 Å². The van der Waals surface area contributed by atoms with Gasteiger partial charge in [-0.25, -0.2) is 13.1 Å². The van der Waals surface area contributed by atoms with E-state index in [4.69, 9.17) is 4.52 Å². The number of amides is 1. The van der Waals surface area contributed by atoms with E-state index < -0.39 is 15.3 Å². The summed E-state index contributed by atoms with van der Waals surface area (Å²) >= 11 is 0. The number of hydrogen-bond donors (Lipinski definition) is 1. The average Bonchev–Trinajstić information content (AvgIpc) is 3.10. The van der Waals surface area contributed by atoms with Gasteiger partial charge < -0.3 is 9.42 Å². The Morgan fingerprint density at radius 1 is 1.35 bits per heavy atom. The van der Waals surface area contributed by atoms with Crippen molar-refractivity contribution in [2.75, 3.05) is 19.6 Å². The van der Waals surface area contributed by atoms with Crippen molar-refractivity contribution in [3.63, 3.8) is 0 Å². The molecule has 1 unspecified atom stereocenters. The molecule has 0 bridgehead atoms. The fourth-order valence-corrected chi connectivity index (χ4v) is 4.79. The second kappa shape index (κ2) is 6.60. The van der Waals surface area contributed by atoms with E-state index in [0.29, 0.717) is 25.2 Å². The second-order valence-electron chi connectivity index (χ2n) is 6.20. The van der Waals surface area contributed by atoms with Gasteiger partial charge in [-0.2, -0.15) is 0 Å². The topological polar surface area (TPSA) is 92.5 Å². The summed E-state index contributed by atoms with van der Waals surface area (Å²) in [7, 11) is -3.36. The lowest BCUT2D eigenvalue weighted by Gasteiger charge is -2.16. The van der Waals surface area contributed by atoms with Crippen LogP contribution in [0.5, 0.6) is 0 Å². The minimum absolute atomic E-state index is 0.203. The maximum Gasteiger partial charge on any atom is 0.276 e. The average molecular weight is 341 g/mol. The molecule has 0 aromatic carbocycles. The molecule has 128 valence electrons. The van der Waals surface area contributed by atoms with Crippen molar-refractivity contribution in [2.45, 2.75) is 50.7 Å². The lowest BCUT2D eigenvalue weighted by atomic mass is 10.1. The van der Waals surface area contributed by atoms with Crippen molar-refractivity contribution in [1.29, 1.82) is 0 Å². The molecule has 1 N–H and O–H groups in total. The summed E-state index contributed by atoms with van der Waals surface area (Å²) in [6.45, 7) is 2.77. The summed E-state index contributed by atoms with van der Waals surface area (Å²) < 4.78 is 32.0. The molecule has 2 aliphatic rings. The second-order valence-corrected chi connectivity index (χ2v) is 8.24. The predicted molar refractivity (Wildman–Crippen MR) is 84.7 cm³/mol. The maximum absolute atomic E-state index is 12.7. The molecule has 2 heterocycles. The molecule has 0 radical (unpaired) electrons. The summed E-state index contributed by atoms with van der Waals surface area (Å²) in [6.07, 6.45) is 5.32. The van der Waals surface area contributed by atoms with Gasteiger partial charge in [0.05, 0.1) is 5.25 Å². The number of carbonyl (C=O) groups excluding carboxylic acids is 1. The van der Waals surface area contributed by atoms with Crippen LogP contribution in [0.4, 0.5) is 0 Å². The molecular formula is C15H23N3O4S. The number of aryl methyl sites for hydroxylation is 1. The Hall–Kier alpha value is -1.41. The molecule has 1 aliphatic carbocycles. The Labute approximate surface area is 136 Å². The molecule has 7 nitrogen and oxygen atoms in total. The van der Waals surface area contributed by atoms with E-state index in [9.17, 15) is 13.2 Å². The quantitative estimate of drug-likeness (QED) is 0.828. The predicted octanol–water partition coefficient (Wildman–Crippen LogP) is 1.10. The van der Waals surface area contributed by atoms with Crippen LogP contribution in [0.2, 0.25) is 0 Å². The highest BCUT2D eigenvalue weighted by atomic mass is 32.2. The van der Waals surface area contributed by atoms with E-state index >= 15 is 0 Å². The van der Waals surface area contributed by atoms with Crippen molar-refractivity contribution in [2.24, 2.45) is 0 Å². The molecule has 3 rings (SSSR count). The minimum atomic E-state index is -3.36. The van der Waals surface area contributed by atoms with E-state index in [-0.39, 0.29) is 12.5 Å². The normalized spacial score (nSPS) is 22.0. The van der Waals surface area contributed by atoms with Gasteiger partial charge >= 0.3 is 0 Å². The molecule has 1 aromatic rings. The first kappa shape index (κ1) is 16.4. The van der Waals surface area contributed by atoms with Gasteiger partial charge in [-0.1, -0.05) is 18.5 Å². The van der Waals surface area contributed by atoms with Crippen LogP contribution in [0, 0.1) is 0 Å². The largest absolute Gasteiger partial charge is 0.360 e. The summed E-state index contributed by atoms with van der Waals surface area (Å²) in [4.78, 5) is 14.3. The zero-order valence-corrected chi connectivity index (χ0v) is 14.2. The number of likely N-dealkylation sites (tertiary alicyclic amines) is 1. The van der Waals surface area contributed by atoms with Crippen molar-refractivity contribution >= 4 is 15.9 Å². The molecule has 1 saturated heterocycles. The highest BCUT2D eigenvalue weighted by Gasteiger charge is 2.37. The van der Waals surface area contributed by atoms with Crippen molar-refractivity contribution in [3.05, 3.63) is 17.0 Å². The molecule has 1 amide bonds. The van der Waals surface area contributed by atoms with Gasteiger partial charge in [0.15, 0.2) is 5.69 Å². The number of fused-ring (bicyclic) bond motifs is 1.